The van der Waals surface area contributed by atoms with Crippen molar-refractivity contribution in [2.75, 3.05) is 53.1 Å². The zero-order chi connectivity index (χ0) is 30.5. The molecule has 1 aromatic rings. The Kier molecular flexibility index (Phi) is 13.2. The highest BCUT2D eigenvalue weighted by Gasteiger charge is 2.50. The molecule has 2 saturated heterocycles. The average molecular weight is 595 g/mol. The molecule has 11 nitrogen and oxygen atoms in total. The van der Waals surface area contributed by atoms with Crippen LogP contribution in [-0.2, 0) is 28.7 Å². The Hall–Kier alpha value is -3.02. The number of rotatable bonds is 12. The van der Waals surface area contributed by atoms with Crippen LogP contribution >= 0.6 is 0 Å². The van der Waals surface area contributed by atoms with Gasteiger partial charge in [0.15, 0.2) is 5.78 Å². The first-order chi connectivity index (χ1) is 20.1. The number of methoxy groups -OCH3 is 1. The lowest BCUT2D eigenvalue weighted by molar-refractivity contribution is -0.132. The van der Waals surface area contributed by atoms with E-state index < -0.39 is 29.5 Å². The minimum absolute atomic E-state index is 0. The molecule has 0 unspecified atom stereocenters. The van der Waals surface area contributed by atoms with Crippen LogP contribution in [0.2, 0.25) is 0 Å². The van der Waals surface area contributed by atoms with Gasteiger partial charge in [-0.1, -0.05) is 49.8 Å². The summed E-state index contributed by atoms with van der Waals surface area (Å²) in [5, 5.41) is 8.02. The molecular formula is C31H54N4O7. The minimum atomic E-state index is -0.810. The summed E-state index contributed by atoms with van der Waals surface area (Å²) in [5.74, 6) is 0.102. The molecule has 42 heavy (non-hydrogen) atoms. The normalized spacial score (nSPS) is 22.0. The SMILES string of the molecule is COc1ccc(C)cc1.C[C@H](NC(=O)CN1CCOCC1)C(=O)NCC(=O)N[C@@H](CC1CCCCC1)C(=O)[C@@]1(C)CO1.[HH].[HH].[HH]. The van der Waals surface area contributed by atoms with Gasteiger partial charge in [-0.2, -0.15) is 0 Å². The molecule has 3 aliphatic rings. The molecule has 240 valence electrons. The zero-order valence-electron chi connectivity index (χ0n) is 25.5. The Morgan fingerprint density at radius 2 is 1.69 bits per heavy atom. The second-order valence-electron chi connectivity index (χ2n) is 11.7. The number of epoxide rings is 1. The van der Waals surface area contributed by atoms with Crippen LogP contribution in [0, 0.1) is 12.8 Å². The predicted molar refractivity (Wildman–Crippen MR) is 164 cm³/mol. The molecule has 0 spiro atoms. The van der Waals surface area contributed by atoms with E-state index in [1.807, 2.05) is 29.2 Å². The summed E-state index contributed by atoms with van der Waals surface area (Å²) in [6.45, 7) is 8.24. The third-order valence-corrected chi connectivity index (χ3v) is 7.97. The maximum absolute atomic E-state index is 12.9. The van der Waals surface area contributed by atoms with Crippen molar-refractivity contribution < 1.29 is 37.7 Å². The molecule has 3 N–H and O–H groups in total. The number of amides is 3. The van der Waals surface area contributed by atoms with Crippen LogP contribution in [0.3, 0.4) is 0 Å². The summed E-state index contributed by atoms with van der Waals surface area (Å²) in [5.41, 5.74) is 0.450. The number of nitrogens with one attached hydrogen (secondary N) is 3. The number of Topliss-reactive ketones (excluding diaryl/α,β-unsaturated/α-hetero) is 1. The van der Waals surface area contributed by atoms with Gasteiger partial charge in [0.25, 0.3) is 0 Å². The third kappa shape index (κ3) is 11.3. The second kappa shape index (κ2) is 16.6. The van der Waals surface area contributed by atoms with Crippen molar-refractivity contribution in [2.45, 2.75) is 77.0 Å². The monoisotopic (exact) mass is 594 g/mol. The van der Waals surface area contributed by atoms with E-state index in [2.05, 4.69) is 22.9 Å². The number of carbonyl (C=O) groups excluding carboxylic acids is 4. The Labute approximate surface area is 253 Å². The molecule has 3 atom stereocenters. The van der Waals surface area contributed by atoms with E-state index >= 15 is 0 Å². The Balaban J connectivity index is 0.00000139. The number of aryl methyl sites for hydroxylation is 1. The number of ketones is 1. The fraction of sp³-hybridized carbons (Fsp3) is 0.677. The molecule has 2 aliphatic heterocycles. The molecule has 1 aromatic carbocycles. The molecule has 2 heterocycles. The van der Waals surface area contributed by atoms with Crippen molar-refractivity contribution in [3.8, 4) is 5.75 Å². The zero-order valence-corrected chi connectivity index (χ0v) is 25.5. The Morgan fingerprint density at radius 1 is 1.05 bits per heavy atom. The first-order valence-corrected chi connectivity index (χ1v) is 15.0. The highest BCUT2D eigenvalue weighted by Crippen LogP contribution is 2.32. The number of hydrogen-bond donors (Lipinski definition) is 3. The average Bonchev–Trinajstić information content (AvgIpc) is 3.75. The molecule has 0 bridgehead atoms. The molecule has 1 aliphatic carbocycles. The lowest BCUT2D eigenvalue weighted by Gasteiger charge is -2.27. The van der Waals surface area contributed by atoms with Crippen molar-refractivity contribution in [1.82, 2.24) is 20.9 Å². The standard InChI is InChI=1S/C23H38N4O6.C8H10O.3H2/c1-16(25-20(29)14-27-8-10-32-11-9-27)22(31)24-13-19(28)26-18(21(30)23(2)15-33-23)12-17-6-4-3-5-7-17;1-7-3-5-8(9-2)6-4-7;;;/h16-18H,3-15H2,1-2H3,(H,24,31)(H,25,29)(H,26,28);3-6H,1-2H3;3*1H/t16-,18-,23+;;;;/m0..../s1. The number of benzene rings is 1. The fourth-order valence-electron chi connectivity index (χ4n) is 5.16. The van der Waals surface area contributed by atoms with E-state index in [4.69, 9.17) is 14.2 Å². The van der Waals surface area contributed by atoms with Crippen molar-refractivity contribution in [2.24, 2.45) is 5.92 Å². The van der Waals surface area contributed by atoms with Gasteiger partial charge in [-0.15, -0.1) is 0 Å². The minimum Gasteiger partial charge on any atom is -0.497 e. The van der Waals surface area contributed by atoms with E-state index in [1.54, 1.807) is 21.0 Å². The van der Waals surface area contributed by atoms with Crippen molar-refractivity contribution in [3.63, 3.8) is 0 Å². The van der Waals surface area contributed by atoms with E-state index in [-0.39, 0.29) is 29.1 Å². The molecule has 3 fully saturated rings. The van der Waals surface area contributed by atoms with E-state index in [0.29, 0.717) is 45.2 Å². The maximum atomic E-state index is 12.9. The Bertz CT molecular complexity index is 1050. The van der Waals surface area contributed by atoms with Crippen LogP contribution in [-0.4, -0.2) is 99.2 Å². The maximum Gasteiger partial charge on any atom is 0.242 e. The van der Waals surface area contributed by atoms with Gasteiger partial charge in [-0.05, 0) is 45.2 Å². The highest BCUT2D eigenvalue weighted by molar-refractivity contribution is 5.97. The number of ether oxygens (including phenoxy) is 3. The van der Waals surface area contributed by atoms with Crippen LogP contribution in [0.15, 0.2) is 24.3 Å². The van der Waals surface area contributed by atoms with Gasteiger partial charge in [0, 0.05) is 17.4 Å². The van der Waals surface area contributed by atoms with Crippen LogP contribution in [0.1, 0.15) is 62.2 Å². The van der Waals surface area contributed by atoms with Gasteiger partial charge >= 0.3 is 0 Å². The van der Waals surface area contributed by atoms with E-state index in [0.717, 1.165) is 31.4 Å². The third-order valence-electron chi connectivity index (χ3n) is 7.97. The quantitative estimate of drug-likeness (QED) is 0.314. The summed E-state index contributed by atoms with van der Waals surface area (Å²) in [4.78, 5) is 51.9. The lowest BCUT2D eigenvalue weighted by atomic mass is 9.82. The first-order valence-electron chi connectivity index (χ1n) is 15.0. The largest absolute Gasteiger partial charge is 0.497 e. The van der Waals surface area contributed by atoms with Gasteiger partial charge in [-0.3, -0.25) is 24.1 Å². The van der Waals surface area contributed by atoms with Crippen LogP contribution in [0.4, 0.5) is 0 Å². The van der Waals surface area contributed by atoms with Gasteiger partial charge < -0.3 is 30.2 Å². The van der Waals surface area contributed by atoms with Crippen LogP contribution in [0.25, 0.3) is 0 Å². The van der Waals surface area contributed by atoms with Crippen LogP contribution < -0.4 is 20.7 Å². The smallest absolute Gasteiger partial charge is 0.242 e. The van der Waals surface area contributed by atoms with Crippen molar-refractivity contribution in [3.05, 3.63) is 29.8 Å². The molecule has 1 saturated carbocycles. The molecule has 3 amide bonds. The van der Waals surface area contributed by atoms with E-state index in [1.165, 1.54) is 12.0 Å². The number of morpholine rings is 1. The summed E-state index contributed by atoms with van der Waals surface area (Å²) < 4.78 is 15.5. The Morgan fingerprint density at radius 3 is 2.29 bits per heavy atom. The summed E-state index contributed by atoms with van der Waals surface area (Å²) >= 11 is 0. The molecular weight excluding hydrogens is 540 g/mol. The topological polar surface area (TPSA) is 139 Å². The van der Waals surface area contributed by atoms with Crippen molar-refractivity contribution in [1.29, 1.82) is 0 Å². The summed E-state index contributed by atoms with van der Waals surface area (Å²) in [6, 6.07) is 6.57. The second-order valence-corrected chi connectivity index (χ2v) is 11.7. The molecule has 0 radical (unpaired) electrons. The summed E-state index contributed by atoms with van der Waals surface area (Å²) in [6.07, 6.45) is 6.25. The first kappa shape index (κ1) is 33.5. The van der Waals surface area contributed by atoms with Crippen LogP contribution in [0.5, 0.6) is 5.75 Å². The van der Waals surface area contributed by atoms with Crippen molar-refractivity contribution >= 4 is 23.5 Å². The molecule has 11 heteroatoms. The van der Waals surface area contributed by atoms with E-state index in [9.17, 15) is 19.2 Å². The van der Waals surface area contributed by atoms with Gasteiger partial charge in [0.05, 0.1) is 46.1 Å². The predicted octanol–water partition coefficient (Wildman–Crippen LogP) is 2.49. The van der Waals surface area contributed by atoms with Gasteiger partial charge in [0.2, 0.25) is 17.7 Å². The highest BCUT2D eigenvalue weighted by atomic mass is 16.6. The van der Waals surface area contributed by atoms with Gasteiger partial charge in [-0.25, -0.2) is 0 Å². The molecule has 0 aromatic heterocycles. The lowest BCUT2D eigenvalue weighted by Crippen LogP contribution is -2.52. The summed E-state index contributed by atoms with van der Waals surface area (Å²) in [7, 11) is 1.67. The number of nitrogens with zero attached hydrogens (tertiary/aromatic N) is 1. The molecule has 4 rings (SSSR count). The van der Waals surface area contributed by atoms with Gasteiger partial charge in [0.1, 0.15) is 17.4 Å². The number of carbonyl (C=O) groups is 4. The fourth-order valence-corrected chi connectivity index (χ4v) is 5.16. The number of hydrogen-bond acceptors (Lipinski definition) is 8.